The number of piperazine rings is 1. The SMILES string of the molecule is CC(C)C1CN(Cc2cccc(Cl)c2F)C(C)(C)CN1. The largest absolute Gasteiger partial charge is 0.311 e. The lowest BCUT2D eigenvalue weighted by Gasteiger charge is -2.47. The van der Waals surface area contributed by atoms with Crippen molar-refractivity contribution in [1.82, 2.24) is 10.2 Å². The normalized spacial score (nSPS) is 23.2. The van der Waals surface area contributed by atoms with Gasteiger partial charge in [-0.25, -0.2) is 4.39 Å². The molecule has 0 spiro atoms. The van der Waals surface area contributed by atoms with Gasteiger partial charge in [0.15, 0.2) is 0 Å². The molecule has 112 valence electrons. The third kappa shape index (κ3) is 3.33. The van der Waals surface area contributed by atoms with Crippen LogP contribution in [0.3, 0.4) is 0 Å². The maximum atomic E-state index is 14.1. The van der Waals surface area contributed by atoms with Gasteiger partial charge in [0.1, 0.15) is 5.82 Å². The van der Waals surface area contributed by atoms with Crippen LogP contribution in [0.25, 0.3) is 0 Å². The molecular formula is C16H24ClFN2. The monoisotopic (exact) mass is 298 g/mol. The summed E-state index contributed by atoms with van der Waals surface area (Å²) in [5, 5.41) is 3.79. The van der Waals surface area contributed by atoms with Crippen LogP contribution < -0.4 is 5.32 Å². The van der Waals surface area contributed by atoms with Crippen LogP contribution in [0.15, 0.2) is 18.2 Å². The summed E-state index contributed by atoms with van der Waals surface area (Å²) in [4.78, 5) is 2.35. The maximum absolute atomic E-state index is 14.1. The third-order valence-corrected chi connectivity index (χ3v) is 4.56. The second-order valence-electron chi connectivity index (χ2n) is 6.64. The topological polar surface area (TPSA) is 15.3 Å². The lowest BCUT2D eigenvalue weighted by molar-refractivity contribution is 0.0466. The molecule has 1 fully saturated rings. The molecule has 1 atom stereocenters. The summed E-state index contributed by atoms with van der Waals surface area (Å²) in [6.07, 6.45) is 0. The smallest absolute Gasteiger partial charge is 0.146 e. The molecule has 1 unspecified atom stereocenters. The first kappa shape index (κ1) is 15.7. The fraction of sp³-hybridized carbons (Fsp3) is 0.625. The molecule has 0 radical (unpaired) electrons. The minimum absolute atomic E-state index is 0.0140. The minimum atomic E-state index is -0.287. The van der Waals surface area contributed by atoms with Crippen LogP contribution in [0, 0.1) is 11.7 Å². The number of nitrogens with one attached hydrogen (secondary N) is 1. The van der Waals surface area contributed by atoms with Crippen molar-refractivity contribution in [2.24, 2.45) is 5.92 Å². The van der Waals surface area contributed by atoms with Crippen LogP contribution in [0.5, 0.6) is 0 Å². The van der Waals surface area contributed by atoms with Gasteiger partial charge in [0.05, 0.1) is 5.02 Å². The highest BCUT2D eigenvalue weighted by Crippen LogP contribution is 2.26. The molecule has 1 aliphatic heterocycles. The van der Waals surface area contributed by atoms with Crippen LogP contribution in [0.4, 0.5) is 4.39 Å². The Hall–Kier alpha value is -0.640. The first-order chi connectivity index (χ1) is 9.31. The summed E-state index contributed by atoms with van der Waals surface area (Å²) in [5.41, 5.74) is 0.690. The molecule has 4 heteroatoms. The Balaban J connectivity index is 2.18. The van der Waals surface area contributed by atoms with E-state index in [2.05, 4.69) is 37.9 Å². The number of hydrogen-bond acceptors (Lipinski definition) is 2. The van der Waals surface area contributed by atoms with Crippen molar-refractivity contribution < 1.29 is 4.39 Å². The van der Waals surface area contributed by atoms with Gasteiger partial charge in [0.2, 0.25) is 0 Å². The Morgan fingerprint density at radius 1 is 1.45 bits per heavy atom. The lowest BCUT2D eigenvalue weighted by atomic mass is 9.92. The van der Waals surface area contributed by atoms with Gasteiger partial charge in [-0.3, -0.25) is 4.90 Å². The summed E-state index contributed by atoms with van der Waals surface area (Å²) in [7, 11) is 0. The maximum Gasteiger partial charge on any atom is 0.146 e. The summed E-state index contributed by atoms with van der Waals surface area (Å²) in [5.74, 6) is 0.280. The van der Waals surface area contributed by atoms with Crippen LogP contribution >= 0.6 is 11.6 Å². The molecule has 0 saturated carbocycles. The van der Waals surface area contributed by atoms with E-state index in [1.807, 2.05) is 12.1 Å². The minimum Gasteiger partial charge on any atom is -0.311 e. The Labute approximate surface area is 126 Å². The zero-order chi connectivity index (χ0) is 14.9. The standard InChI is InChI=1S/C16H24ClFN2/c1-11(2)14-9-20(16(3,4)10-19-14)8-12-6-5-7-13(17)15(12)18/h5-7,11,14,19H,8-10H2,1-4H3. The fourth-order valence-corrected chi connectivity index (χ4v) is 2.84. The highest BCUT2D eigenvalue weighted by atomic mass is 35.5. The Bertz CT molecular complexity index is 474. The summed E-state index contributed by atoms with van der Waals surface area (Å²) in [6.45, 7) is 11.3. The van der Waals surface area contributed by atoms with E-state index in [1.54, 1.807) is 6.07 Å². The number of rotatable bonds is 3. The number of nitrogens with zero attached hydrogens (tertiary/aromatic N) is 1. The second kappa shape index (κ2) is 6.00. The Morgan fingerprint density at radius 3 is 2.80 bits per heavy atom. The summed E-state index contributed by atoms with van der Waals surface area (Å²) in [6, 6.07) is 5.69. The zero-order valence-corrected chi connectivity index (χ0v) is 13.5. The second-order valence-corrected chi connectivity index (χ2v) is 7.04. The Kier molecular flexibility index (Phi) is 4.73. The molecular weight excluding hydrogens is 275 g/mol. The number of benzene rings is 1. The van der Waals surface area contributed by atoms with E-state index in [0.29, 0.717) is 24.1 Å². The molecule has 2 nitrogen and oxygen atoms in total. The van der Waals surface area contributed by atoms with E-state index < -0.39 is 0 Å². The van der Waals surface area contributed by atoms with Crippen molar-refractivity contribution in [3.8, 4) is 0 Å². The third-order valence-electron chi connectivity index (χ3n) is 4.27. The van der Waals surface area contributed by atoms with Gasteiger partial charge in [-0.05, 0) is 25.8 Å². The van der Waals surface area contributed by atoms with Crippen LogP contribution in [-0.2, 0) is 6.54 Å². The predicted octanol–water partition coefficient (Wildman–Crippen LogP) is 3.69. The van der Waals surface area contributed by atoms with Crippen LogP contribution in [-0.4, -0.2) is 29.6 Å². The fourth-order valence-electron chi connectivity index (χ4n) is 2.64. The first-order valence-electron chi connectivity index (χ1n) is 7.22. The van der Waals surface area contributed by atoms with Crippen LogP contribution in [0.2, 0.25) is 5.02 Å². The molecule has 1 heterocycles. The molecule has 0 aliphatic carbocycles. The number of halogens is 2. The molecule has 2 rings (SSSR count). The van der Waals surface area contributed by atoms with Crippen molar-refractivity contribution in [3.05, 3.63) is 34.6 Å². The molecule has 1 saturated heterocycles. The highest BCUT2D eigenvalue weighted by molar-refractivity contribution is 6.30. The molecule has 0 aromatic heterocycles. The van der Waals surface area contributed by atoms with Crippen molar-refractivity contribution in [2.45, 2.75) is 45.8 Å². The van der Waals surface area contributed by atoms with E-state index in [9.17, 15) is 4.39 Å². The van der Waals surface area contributed by atoms with Gasteiger partial charge in [0.25, 0.3) is 0 Å². The van der Waals surface area contributed by atoms with Gasteiger partial charge >= 0.3 is 0 Å². The first-order valence-corrected chi connectivity index (χ1v) is 7.60. The lowest BCUT2D eigenvalue weighted by Crippen LogP contribution is -2.62. The van der Waals surface area contributed by atoms with E-state index in [-0.39, 0.29) is 16.4 Å². The van der Waals surface area contributed by atoms with E-state index in [0.717, 1.165) is 13.1 Å². The molecule has 1 aromatic rings. The van der Waals surface area contributed by atoms with Gasteiger partial charge in [-0.15, -0.1) is 0 Å². The van der Waals surface area contributed by atoms with Crippen LogP contribution in [0.1, 0.15) is 33.3 Å². The van der Waals surface area contributed by atoms with Crippen molar-refractivity contribution in [3.63, 3.8) is 0 Å². The molecule has 1 aromatic carbocycles. The quantitative estimate of drug-likeness (QED) is 0.915. The highest BCUT2D eigenvalue weighted by Gasteiger charge is 2.35. The molecule has 0 bridgehead atoms. The predicted molar refractivity (Wildman–Crippen MR) is 82.5 cm³/mol. The van der Waals surface area contributed by atoms with Gasteiger partial charge in [0, 0.05) is 36.8 Å². The van der Waals surface area contributed by atoms with E-state index in [1.165, 1.54) is 0 Å². The zero-order valence-electron chi connectivity index (χ0n) is 12.7. The van der Waals surface area contributed by atoms with E-state index in [4.69, 9.17) is 11.6 Å². The van der Waals surface area contributed by atoms with Crippen molar-refractivity contribution in [1.29, 1.82) is 0 Å². The number of hydrogen-bond donors (Lipinski definition) is 1. The molecule has 20 heavy (non-hydrogen) atoms. The van der Waals surface area contributed by atoms with E-state index >= 15 is 0 Å². The molecule has 1 aliphatic rings. The summed E-state index contributed by atoms with van der Waals surface area (Å²) < 4.78 is 14.1. The molecule has 0 amide bonds. The van der Waals surface area contributed by atoms with Gasteiger partial charge in [-0.1, -0.05) is 37.6 Å². The Morgan fingerprint density at radius 2 is 2.15 bits per heavy atom. The summed E-state index contributed by atoms with van der Waals surface area (Å²) >= 11 is 5.88. The van der Waals surface area contributed by atoms with Crippen molar-refractivity contribution >= 4 is 11.6 Å². The van der Waals surface area contributed by atoms with Gasteiger partial charge < -0.3 is 5.32 Å². The average molecular weight is 299 g/mol. The van der Waals surface area contributed by atoms with Gasteiger partial charge in [-0.2, -0.15) is 0 Å². The molecule has 1 N–H and O–H groups in total. The van der Waals surface area contributed by atoms with Crippen molar-refractivity contribution in [2.75, 3.05) is 13.1 Å². The average Bonchev–Trinajstić information content (AvgIpc) is 2.36.